The van der Waals surface area contributed by atoms with Gasteiger partial charge in [-0.1, -0.05) is 12.1 Å². The first-order chi connectivity index (χ1) is 11.7. The molecule has 0 bridgehead atoms. The summed E-state index contributed by atoms with van der Waals surface area (Å²) in [7, 11) is 3.73. The van der Waals surface area contributed by atoms with E-state index < -0.39 is 0 Å². The van der Waals surface area contributed by atoms with E-state index in [9.17, 15) is 4.39 Å². The highest BCUT2D eigenvalue weighted by Gasteiger charge is 2.15. The summed E-state index contributed by atoms with van der Waals surface area (Å²) in [6, 6.07) is 6.54. The Bertz CT molecular complexity index is 501. The molecule has 0 saturated carbocycles. The van der Waals surface area contributed by atoms with Crippen molar-refractivity contribution in [2.24, 2.45) is 10.9 Å². The van der Waals surface area contributed by atoms with Crippen molar-refractivity contribution < 1.29 is 13.9 Å². The molecule has 6 heteroatoms. The lowest BCUT2D eigenvalue weighted by Gasteiger charge is -2.22. The van der Waals surface area contributed by atoms with Crippen LogP contribution >= 0.6 is 0 Å². The standard InChI is InChI=1S/C18H28FN3O2/c1-20-18(22(2)12-15-4-6-17(19)7-5-15)21-9-3-10-23-13-16-8-11-24-14-16/h4-7,16H,3,8-14H2,1-2H3,(H,20,21). The van der Waals surface area contributed by atoms with Crippen LogP contribution in [0.2, 0.25) is 0 Å². The van der Waals surface area contributed by atoms with E-state index in [0.717, 1.165) is 57.3 Å². The lowest BCUT2D eigenvalue weighted by molar-refractivity contribution is 0.0887. The smallest absolute Gasteiger partial charge is 0.193 e. The van der Waals surface area contributed by atoms with Crippen LogP contribution in [0.25, 0.3) is 0 Å². The predicted octanol–water partition coefficient (Wildman–Crippen LogP) is 2.28. The van der Waals surface area contributed by atoms with E-state index in [1.54, 1.807) is 19.2 Å². The summed E-state index contributed by atoms with van der Waals surface area (Å²) in [5.74, 6) is 1.17. The van der Waals surface area contributed by atoms with Crippen molar-refractivity contribution >= 4 is 5.96 Å². The van der Waals surface area contributed by atoms with Gasteiger partial charge in [-0.25, -0.2) is 4.39 Å². The second-order valence-corrected chi connectivity index (χ2v) is 6.11. The van der Waals surface area contributed by atoms with Crippen LogP contribution < -0.4 is 5.32 Å². The third kappa shape index (κ3) is 6.45. The predicted molar refractivity (Wildman–Crippen MR) is 93.6 cm³/mol. The molecular weight excluding hydrogens is 309 g/mol. The fourth-order valence-electron chi connectivity index (χ4n) is 2.66. The first-order valence-corrected chi connectivity index (χ1v) is 8.50. The van der Waals surface area contributed by atoms with Gasteiger partial charge in [-0.2, -0.15) is 0 Å². The molecule has 1 aromatic carbocycles. The Balaban J connectivity index is 1.61. The van der Waals surface area contributed by atoms with Crippen molar-refractivity contribution in [1.29, 1.82) is 0 Å². The molecule has 1 aliphatic rings. The zero-order valence-corrected chi connectivity index (χ0v) is 14.6. The summed E-state index contributed by atoms with van der Waals surface area (Å²) in [4.78, 5) is 6.30. The highest BCUT2D eigenvalue weighted by atomic mass is 19.1. The van der Waals surface area contributed by atoms with Gasteiger partial charge in [0, 0.05) is 46.3 Å². The number of halogens is 1. The minimum absolute atomic E-state index is 0.215. The Morgan fingerprint density at radius 2 is 2.21 bits per heavy atom. The molecule has 0 amide bonds. The number of nitrogens with one attached hydrogen (secondary N) is 1. The van der Waals surface area contributed by atoms with Crippen LogP contribution in [0.5, 0.6) is 0 Å². The van der Waals surface area contributed by atoms with Gasteiger partial charge in [-0.05, 0) is 30.5 Å². The molecule has 134 valence electrons. The molecule has 0 radical (unpaired) electrons. The van der Waals surface area contributed by atoms with Gasteiger partial charge in [0.15, 0.2) is 5.96 Å². The molecule has 2 rings (SSSR count). The van der Waals surface area contributed by atoms with Crippen LogP contribution in [0.3, 0.4) is 0 Å². The number of hydrogen-bond acceptors (Lipinski definition) is 3. The zero-order chi connectivity index (χ0) is 17.2. The minimum Gasteiger partial charge on any atom is -0.381 e. The summed E-state index contributed by atoms with van der Waals surface area (Å²) in [6.45, 7) is 4.71. The van der Waals surface area contributed by atoms with Crippen LogP contribution in [0.4, 0.5) is 4.39 Å². The number of nitrogens with zero attached hydrogens (tertiary/aromatic N) is 2. The molecule has 1 aromatic rings. The summed E-state index contributed by atoms with van der Waals surface area (Å²) < 4.78 is 24.0. The maximum absolute atomic E-state index is 12.9. The van der Waals surface area contributed by atoms with Crippen molar-refractivity contribution in [3.8, 4) is 0 Å². The first kappa shape index (κ1) is 18.7. The van der Waals surface area contributed by atoms with E-state index in [1.165, 1.54) is 12.1 Å². The van der Waals surface area contributed by atoms with E-state index >= 15 is 0 Å². The number of ether oxygens (including phenoxy) is 2. The fraction of sp³-hybridized carbons (Fsp3) is 0.611. The molecule has 1 aliphatic heterocycles. The van der Waals surface area contributed by atoms with Crippen molar-refractivity contribution in [1.82, 2.24) is 10.2 Å². The summed E-state index contributed by atoms with van der Waals surface area (Å²) in [6.07, 6.45) is 2.04. The fourth-order valence-corrected chi connectivity index (χ4v) is 2.66. The van der Waals surface area contributed by atoms with Crippen LogP contribution in [0, 0.1) is 11.7 Å². The highest BCUT2D eigenvalue weighted by Crippen LogP contribution is 2.12. The number of benzene rings is 1. The largest absolute Gasteiger partial charge is 0.381 e. The van der Waals surface area contributed by atoms with E-state index in [-0.39, 0.29) is 5.82 Å². The molecule has 1 saturated heterocycles. The van der Waals surface area contributed by atoms with Gasteiger partial charge in [0.05, 0.1) is 13.2 Å². The lowest BCUT2D eigenvalue weighted by atomic mass is 10.1. The van der Waals surface area contributed by atoms with E-state index in [0.29, 0.717) is 12.5 Å². The van der Waals surface area contributed by atoms with Gasteiger partial charge >= 0.3 is 0 Å². The second kappa shape index (κ2) is 10.3. The molecule has 1 unspecified atom stereocenters. The van der Waals surface area contributed by atoms with Crippen LogP contribution in [-0.4, -0.2) is 57.9 Å². The average Bonchev–Trinajstić information content (AvgIpc) is 3.09. The Kier molecular flexibility index (Phi) is 7.98. The molecule has 1 N–H and O–H groups in total. The second-order valence-electron chi connectivity index (χ2n) is 6.11. The van der Waals surface area contributed by atoms with Gasteiger partial charge in [-0.3, -0.25) is 4.99 Å². The van der Waals surface area contributed by atoms with Gasteiger partial charge < -0.3 is 19.7 Å². The Labute approximate surface area is 143 Å². The summed E-state index contributed by atoms with van der Waals surface area (Å²) >= 11 is 0. The normalized spacial score (nSPS) is 18.0. The topological polar surface area (TPSA) is 46.1 Å². The molecule has 1 heterocycles. The van der Waals surface area contributed by atoms with Crippen molar-refractivity contribution in [2.45, 2.75) is 19.4 Å². The van der Waals surface area contributed by atoms with Crippen molar-refractivity contribution in [3.63, 3.8) is 0 Å². The third-order valence-electron chi connectivity index (χ3n) is 4.03. The molecule has 1 atom stereocenters. The summed E-state index contributed by atoms with van der Waals surface area (Å²) in [5, 5.41) is 3.33. The van der Waals surface area contributed by atoms with Crippen molar-refractivity contribution in [3.05, 3.63) is 35.6 Å². The molecule has 1 fully saturated rings. The first-order valence-electron chi connectivity index (χ1n) is 8.50. The third-order valence-corrected chi connectivity index (χ3v) is 4.03. The number of hydrogen-bond donors (Lipinski definition) is 1. The maximum atomic E-state index is 12.9. The van der Waals surface area contributed by atoms with Gasteiger partial charge in [0.1, 0.15) is 5.82 Å². The SMILES string of the molecule is CN=C(NCCCOCC1CCOC1)N(C)Cc1ccc(F)cc1. The average molecular weight is 337 g/mol. The van der Waals surface area contributed by atoms with Crippen LogP contribution in [0.15, 0.2) is 29.3 Å². The number of rotatable bonds is 8. The highest BCUT2D eigenvalue weighted by molar-refractivity contribution is 5.79. The number of guanidine groups is 1. The molecule has 24 heavy (non-hydrogen) atoms. The lowest BCUT2D eigenvalue weighted by Crippen LogP contribution is -2.39. The van der Waals surface area contributed by atoms with Crippen LogP contribution in [0.1, 0.15) is 18.4 Å². The zero-order valence-electron chi connectivity index (χ0n) is 14.6. The van der Waals surface area contributed by atoms with E-state index in [1.807, 2.05) is 11.9 Å². The van der Waals surface area contributed by atoms with Crippen molar-refractivity contribution in [2.75, 3.05) is 47.1 Å². The monoisotopic (exact) mass is 337 g/mol. The molecular formula is C18H28FN3O2. The van der Waals surface area contributed by atoms with Gasteiger partial charge in [0.2, 0.25) is 0 Å². The minimum atomic E-state index is -0.215. The molecule has 0 spiro atoms. The van der Waals surface area contributed by atoms with Crippen LogP contribution in [-0.2, 0) is 16.0 Å². The maximum Gasteiger partial charge on any atom is 0.193 e. The number of aliphatic imine (C=N–C) groups is 1. The molecule has 0 aromatic heterocycles. The quantitative estimate of drug-likeness (QED) is 0.449. The molecule has 0 aliphatic carbocycles. The Morgan fingerprint density at radius 1 is 1.42 bits per heavy atom. The van der Waals surface area contributed by atoms with Gasteiger partial charge in [0.25, 0.3) is 0 Å². The van der Waals surface area contributed by atoms with E-state index in [2.05, 4.69) is 10.3 Å². The Morgan fingerprint density at radius 3 is 2.88 bits per heavy atom. The summed E-state index contributed by atoms with van der Waals surface area (Å²) in [5.41, 5.74) is 1.05. The van der Waals surface area contributed by atoms with Gasteiger partial charge in [-0.15, -0.1) is 0 Å². The molecule has 5 nitrogen and oxygen atoms in total. The van der Waals surface area contributed by atoms with E-state index in [4.69, 9.17) is 9.47 Å². The Hall–Kier alpha value is -1.66.